The Morgan fingerprint density at radius 3 is 2.44 bits per heavy atom. The number of aliphatic carboxylic acids is 1. The molecule has 3 rings (SSSR count). The van der Waals surface area contributed by atoms with Crippen molar-refractivity contribution < 1.29 is 19.5 Å². The van der Waals surface area contributed by atoms with E-state index in [-0.39, 0.29) is 18.4 Å². The maximum Gasteiger partial charge on any atom is 0.308 e. The molecule has 0 aliphatic carbocycles. The van der Waals surface area contributed by atoms with Crippen LogP contribution in [0.3, 0.4) is 0 Å². The summed E-state index contributed by atoms with van der Waals surface area (Å²) in [6.45, 7) is 1.42. The van der Waals surface area contributed by atoms with Gasteiger partial charge in [0.1, 0.15) is 6.54 Å². The van der Waals surface area contributed by atoms with E-state index >= 15 is 0 Å². The van der Waals surface area contributed by atoms with Crippen molar-refractivity contribution in [3.63, 3.8) is 0 Å². The third-order valence-corrected chi connectivity index (χ3v) is 4.86. The van der Waals surface area contributed by atoms with Crippen LogP contribution in [0.5, 0.6) is 0 Å². The van der Waals surface area contributed by atoms with Gasteiger partial charge in [0, 0.05) is 12.1 Å². The fraction of sp³-hybridized carbons (Fsp3) is 0.286. The average molecular weight is 366 g/mol. The molecule has 140 valence electrons. The molecule has 0 saturated carbocycles. The number of hydrogen-bond donors (Lipinski definition) is 2. The van der Waals surface area contributed by atoms with E-state index < -0.39 is 17.9 Å². The number of aryl methyl sites for hydroxylation is 1. The molecule has 6 heteroatoms. The lowest BCUT2D eigenvalue weighted by molar-refractivity contribution is -0.142. The molecule has 2 unspecified atom stereocenters. The Kier molecular flexibility index (Phi) is 5.54. The Morgan fingerprint density at radius 2 is 1.74 bits per heavy atom. The van der Waals surface area contributed by atoms with Gasteiger partial charge in [0.25, 0.3) is 0 Å². The molecule has 1 aliphatic heterocycles. The molecule has 0 aromatic heterocycles. The minimum atomic E-state index is -0.997. The number of carboxylic acids is 1. The second-order valence-electron chi connectivity index (χ2n) is 6.69. The lowest BCUT2D eigenvalue weighted by atomic mass is 9.94. The van der Waals surface area contributed by atoms with Crippen LogP contribution in [-0.2, 0) is 20.8 Å². The van der Waals surface area contributed by atoms with Crippen LogP contribution in [0.1, 0.15) is 30.5 Å². The molecule has 27 heavy (non-hydrogen) atoms. The van der Waals surface area contributed by atoms with Gasteiger partial charge in [-0.15, -0.1) is 0 Å². The Morgan fingerprint density at radius 1 is 1.07 bits per heavy atom. The van der Waals surface area contributed by atoms with Crippen LogP contribution in [0.4, 0.5) is 5.69 Å². The number of amides is 2. The second-order valence-corrected chi connectivity index (χ2v) is 6.69. The molecular weight excluding hydrogens is 344 g/mol. The molecule has 0 fully saturated rings. The Balaban J connectivity index is 1.79. The number of carbonyl (C=O) groups excluding carboxylic acids is 2. The van der Waals surface area contributed by atoms with E-state index in [0.29, 0.717) is 18.4 Å². The Hall–Kier alpha value is -3.15. The number of anilines is 1. The standard InChI is InChI=1S/C21H22N2O4/c1-14(21(26)27)20(16-8-3-2-4-9-16)22-18(24)13-23-17-10-6-5-7-15(17)11-12-19(23)25/h2-10,14,20H,11-13H2,1H3,(H,22,24)(H,26,27). The highest BCUT2D eigenvalue weighted by Gasteiger charge is 2.30. The minimum Gasteiger partial charge on any atom is -0.481 e. The van der Waals surface area contributed by atoms with E-state index in [0.717, 1.165) is 11.3 Å². The van der Waals surface area contributed by atoms with Gasteiger partial charge in [-0.2, -0.15) is 0 Å². The predicted molar refractivity (Wildman–Crippen MR) is 101 cm³/mol. The van der Waals surface area contributed by atoms with Crippen LogP contribution in [0.15, 0.2) is 54.6 Å². The van der Waals surface area contributed by atoms with Crippen molar-refractivity contribution in [1.29, 1.82) is 0 Å². The van der Waals surface area contributed by atoms with E-state index in [4.69, 9.17) is 0 Å². The van der Waals surface area contributed by atoms with Crippen molar-refractivity contribution in [3.05, 3.63) is 65.7 Å². The van der Waals surface area contributed by atoms with Gasteiger partial charge in [-0.3, -0.25) is 14.4 Å². The summed E-state index contributed by atoms with van der Waals surface area (Å²) in [5.41, 5.74) is 2.49. The number of nitrogens with one attached hydrogen (secondary N) is 1. The van der Waals surface area contributed by atoms with Gasteiger partial charge in [-0.1, -0.05) is 48.5 Å². The zero-order valence-corrected chi connectivity index (χ0v) is 15.1. The number of nitrogens with zero attached hydrogens (tertiary/aromatic N) is 1. The smallest absolute Gasteiger partial charge is 0.308 e. The van der Waals surface area contributed by atoms with Crippen molar-refractivity contribution in [1.82, 2.24) is 5.32 Å². The molecular formula is C21H22N2O4. The molecule has 0 radical (unpaired) electrons. The SMILES string of the molecule is CC(C(=O)O)C(NC(=O)CN1C(=O)CCc2ccccc21)c1ccccc1. The summed E-state index contributed by atoms with van der Waals surface area (Å²) in [6.07, 6.45) is 1.02. The monoisotopic (exact) mass is 366 g/mol. The number of carboxylic acid groups (broad SMARTS) is 1. The highest BCUT2D eigenvalue weighted by molar-refractivity contribution is 6.01. The van der Waals surface area contributed by atoms with Crippen LogP contribution in [-0.4, -0.2) is 29.4 Å². The second kappa shape index (κ2) is 8.03. The molecule has 0 spiro atoms. The van der Waals surface area contributed by atoms with Crippen LogP contribution in [0, 0.1) is 5.92 Å². The first-order valence-electron chi connectivity index (χ1n) is 8.92. The van der Waals surface area contributed by atoms with Gasteiger partial charge in [-0.25, -0.2) is 0 Å². The number of benzene rings is 2. The molecule has 2 aromatic rings. The van der Waals surface area contributed by atoms with E-state index in [2.05, 4.69) is 5.32 Å². The van der Waals surface area contributed by atoms with Crippen LogP contribution in [0.2, 0.25) is 0 Å². The van der Waals surface area contributed by atoms with Gasteiger partial charge < -0.3 is 15.3 Å². The summed E-state index contributed by atoms with van der Waals surface area (Å²) in [4.78, 5) is 38.0. The third kappa shape index (κ3) is 4.16. The zero-order valence-electron chi connectivity index (χ0n) is 15.1. The largest absolute Gasteiger partial charge is 0.481 e. The molecule has 0 bridgehead atoms. The molecule has 2 N–H and O–H groups in total. The fourth-order valence-electron chi connectivity index (χ4n) is 3.33. The fourth-order valence-corrected chi connectivity index (χ4v) is 3.33. The first kappa shape index (κ1) is 18.6. The van der Waals surface area contributed by atoms with Crippen LogP contribution in [0.25, 0.3) is 0 Å². The van der Waals surface area contributed by atoms with Crippen LogP contribution < -0.4 is 10.2 Å². The minimum absolute atomic E-state index is 0.105. The normalized spacial score (nSPS) is 15.6. The van der Waals surface area contributed by atoms with Gasteiger partial charge in [0.15, 0.2) is 0 Å². The van der Waals surface area contributed by atoms with Crippen molar-refractivity contribution in [2.75, 3.05) is 11.4 Å². The first-order chi connectivity index (χ1) is 13.0. The van der Waals surface area contributed by atoms with E-state index in [1.165, 1.54) is 4.90 Å². The molecule has 2 amide bonds. The summed E-state index contributed by atoms with van der Waals surface area (Å²) >= 11 is 0. The number of hydrogen-bond acceptors (Lipinski definition) is 3. The summed E-state index contributed by atoms with van der Waals surface area (Å²) in [5.74, 6) is -2.29. The zero-order chi connectivity index (χ0) is 19.4. The van der Waals surface area contributed by atoms with Gasteiger partial charge in [-0.05, 0) is 30.5 Å². The predicted octanol–water partition coefficient (Wildman–Crippen LogP) is 2.54. The number of para-hydroxylation sites is 1. The Labute approximate surface area is 157 Å². The summed E-state index contributed by atoms with van der Waals surface area (Å²) in [7, 11) is 0. The summed E-state index contributed by atoms with van der Waals surface area (Å²) in [6, 6.07) is 15.8. The molecule has 6 nitrogen and oxygen atoms in total. The van der Waals surface area contributed by atoms with Crippen molar-refractivity contribution in [3.8, 4) is 0 Å². The molecule has 1 heterocycles. The van der Waals surface area contributed by atoms with Crippen molar-refractivity contribution >= 4 is 23.5 Å². The number of rotatable bonds is 6. The van der Waals surface area contributed by atoms with Crippen LogP contribution >= 0.6 is 0 Å². The quantitative estimate of drug-likeness (QED) is 0.823. The lowest BCUT2D eigenvalue weighted by Crippen LogP contribution is -2.45. The highest BCUT2D eigenvalue weighted by atomic mass is 16.4. The van der Waals surface area contributed by atoms with E-state index in [9.17, 15) is 19.5 Å². The molecule has 2 atom stereocenters. The van der Waals surface area contributed by atoms with Crippen molar-refractivity contribution in [2.24, 2.45) is 5.92 Å². The first-order valence-corrected chi connectivity index (χ1v) is 8.92. The molecule has 0 saturated heterocycles. The maximum absolute atomic E-state index is 12.7. The Bertz CT molecular complexity index is 850. The van der Waals surface area contributed by atoms with E-state index in [1.54, 1.807) is 31.2 Å². The maximum atomic E-state index is 12.7. The summed E-state index contributed by atoms with van der Waals surface area (Å²) < 4.78 is 0. The van der Waals surface area contributed by atoms with Gasteiger partial charge >= 0.3 is 5.97 Å². The number of carbonyl (C=O) groups is 3. The molecule has 1 aliphatic rings. The molecule has 2 aromatic carbocycles. The third-order valence-electron chi connectivity index (χ3n) is 4.86. The highest BCUT2D eigenvalue weighted by Crippen LogP contribution is 2.27. The average Bonchev–Trinajstić information content (AvgIpc) is 2.68. The van der Waals surface area contributed by atoms with E-state index in [1.807, 2.05) is 30.3 Å². The topological polar surface area (TPSA) is 86.7 Å². The van der Waals surface area contributed by atoms with Gasteiger partial charge in [0.05, 0.1) is 12.0 Å². The number of fused-ring (bicyclic) bond motifs is 1. The van der Waals surface area contributed by atoms with Gasteiger partial charge in [0.2, 0.25) is 11.8 Å². The van der Waals surface area contributed by atoms with Crippen molar-refractivity contribution in [2.45, 2.75) is 25.8 Å². The lowest BCUT2D eigenvalue weighted by Gasteiger charge is -2.30. The summed E-state index contributed by atoms with van der Waals surface area (Å²) in [5, 5.41) is 12.2.